The molecule has 0 fully saturated rings. The summed E-state index contributed by atoms with van der Waals surface area (Å²) in [5.41, 5.74) is -1.08. The van der Waals surface area contributed by atoms with Gasteiger partial charge < -0.3 is 4.74 Å². The number of rotatable bonds is 4. The van der Waals surface area contributed by atoms with Crippen LogP contribution in [0.15, 0.2) is 12.2 Å². The number of carbonyl (C=O) groups excluding carboxylic acids is 1. The Morgan fingerprint density at radius 3 is 2.29 bits per heavy atom. The van der Waals surface area contributed by atoms with Gasteiger partial charge in [-0.2, -0.15) is 13.2 Å². The standard InChI is InChI=1S/C9H13F3O2/c1-6(2)5-14-8(13)4-7(3)9(10,11)12/h6H,3-5H2,1-2H3. The van der Waals surface area contributed by atoms with Crippen molar-refractivity contribution in [3.63, 3.8) is 0 Å². The quantitative estimate of drug-likeness (QED) is 0.526. The molecule has 0 amide bonds. The minimum Gasteiger partial charge on any atom is -0.465 e. The molecule has 0 aliphatic carbocycles. The van der Waals surface area contributed by atoms with Crippen LogP contribution in [0, 0.1) is 5.92 Å². The highest BCUT2D eigenvalue weighted by Gasteiger charge is 2.33. The third-order valence-electron chi connectivity index (χ3n) is 1.34. The van der Waals surface area contributed by atoms with Crippen LogP contribution in [0.2, 0.25) is 0 Å². The third kappa shape index (κ3) is 5.61. The van der Waals surface area contributed by atoms with Crippen molar-refractivity contribution in [2.45, 2.75) is 26.4 Å². The first-order valence-corrected chi connectivity index (χ1v) is 4.14. The van der Waals surface area contributed by atoms with Crippen molar-refractivity contribution in [2.75, 3.05) is 6.61 Å². The van der Waals surface area contributed by atoms with Gasteiger partial charge >= 0.3 is 12.1 Å². The molecule has 0 aliphatic rings. The van der Waals surface area contributed by atoms with E-state index in [0.29, 0.717) is 0 Å². The van der Waals surface area contributed by atoms with Crippen LogP contribution < -0.4 is 0 Å². The summed E-state index contributed by atoms with van der Waals surface area (Å²) in [7, 11) is 0. The lowest BCUT2D eigenvalue weighted by atomic mass is 10.2. The van der Waals surface area contributed by atoms with E-state index in [1.807, 2.05) is 0 Å². The van der Waals surface area contributed by atoms with Gasteiger partial charge in [-0.05, 0) is 5.92 Å². The van der Waals surface area contributed by atoms with Gasteiger partial charge in [0.2, 0.25) is 0 Å². The fourth-order valence-corrected chi connectivity index (χ4v) is 0.585. The minimum absolute atomic E-state index is 0.109. The zero-order valence-corrected chi connectivity index (χ0v) is 8.15. The monoisotopic (exact) mass is 210 g/mol. The maximum absolute atomic E-state index is 11.9. The second-order valence-electron chi connectivity index (χ2n) is 3.35. The Hall–Kier alpha value is -1.00. The normalized spacial score (nSPS) is 11.6. The molecule has 0 N–H and O–H groups in total. The predicted octanol–water partition coefficient (Wildman–Crippen LogP) is 2.69. The highest BCUT2D eigenvalue weighted by Crippen LogP contribution is 2.26. The molecule has 0 rings (SSSR count). The molecule has 5 heteroatoms. The van der Waals surface area contributed by atoms with E-state index in [0.717, 1.165) is 0 Å². The Morgan fingerprint density at radius 2 is 1.93 bits per heavy atom. The molecule has 0 aromatic carbocycles. The van der Waals surface area contributed by atoms with Crippen LogP contribution in [0.3, 0.4) is 0 Å². The Kier molecular flexibility index (Phi) is 4.67. The molecule has 0 bridgehead atoms. The molecule has 14 heavy (non-hydrogen) atoms. The number of esters is 1. The lowest BCUT2D eigenvalue weighted by Gasteiger charge is -2.10. The van der Waals surface area contributed by atoms with Gasteiger partial charge in [0.25, 0.3) is 0 Å². The topological polar surface area (TPSA) is 26.3 Å². The molecule has 0 saturated heterocycles. The number of ether oxygens (including phenoxy) is 1. The average Bonchev–Trinajstić information content (AvgIpc) is 1.99. The second-order valence-corrected chi connectivity index (χ2v) is 3.35. The average molecular weight is 210 g/mol. The Balaban J connectivity index is 3.90. The first-order chi connectivity index (χ1) is 6.23. The van der Waals surface area contributed by atoms with Crippen molar-refractivity contribution in [3.05, 3.63) is 12.2 Å². The van der Waals surface area contributed by atoms with Crippen LogP contribution >= 0.6 is 0 Å². The van der Waals surface area contributed by atoms with Crippen LogP contribution in [0.25, 0.3) is 0 Å². The van der Waals surface area contributed by atoms with Crippen molar-refractivity contribution in [3.8, 4) is 0 Å². The molecule has 0 aliphatic heterocycles. The molecule has 0 unspecified atom stereocenters. The zero-order chi connectivity index (χ0) is 11.4. The van der Waals surface area contributed by atoms with Gasteiger partial charge in [-0.3, -0.25) is 4.79 Å². The van der Waals surface area contributed by atoms with Crippen molar-refractivity contribution in [1.82, 2.24) is 0 Å². The summed E-state index contributed by atoms with van der Waals surface area (Å²) >= 11 is 0. The Bertz CT molecular complexity index is 219. The van der Waals surface area contributed by atoms with E-state index in [9.17, 15) is 18.0 Å². The van der Waals surface area contributed by atoms with Gasteiger partial charge in [0.05, 0.1) is 13.0 Å². The summed E-state index contributed by atoms with van der Waals surface area (Å²) in [5, 5.41) is 0. The van der Waals surface area contributed by atoms with E-state index in [-0.39, 0.29) is 12.5 Å². The second kappa shape index (κ2) is 5.02. The first kappa shape index (κ1) is 13.0. The predicted molar refractivity (Wildman–Crippen MR) is 45.6 cm³/mol. The van der Waals surface area contributed by atoms with E-state index in [4.69, 9.17) is 0 Å². The number of carbonyl (C=O) groups is 1. The molecule has 0 aromatic heterocycles. The highest BCUT2D eigenvalue weighted by molar-refractivity contribution is 5.72. The Morgan fingerprint density at radius 1 is 1.43 bits per heavy atom. The molecule has 0 aromatic rings. The van der Waals surface area contributed by atoms with Gasteiger partial charge in [-0.25, -0.2) is 0 Å². The fourth-order valence-electron chi connectivity index (χ4n) is 0.585. The lowest BCUT2D eigenvalue weighted by Crippen LogP contribution is -2.17. The maximum Gasteiger partial charge on any atom is 0.412 e. The van der Waals surface area contributed by atoms with Crippen LogP contribution in [0.1, 0.15) is 20.3 Å². The fraction of sp³-hybridized carbons (Fsp3) is 0.667. The smallest absolute Gasteiger partial charge is 0.412 e. The molecule has 0 heterocycles. The molecule has 0 atom stereocenters. The summed E-state index contributed by atoms with van der Waals surface area (Å²) in [6.07, 6.45) is -5.31. The number of hydrogen-bond donors (Lipinski definition) is 0. The number of hydrogen-bond acceptors (Lipinski definition) is 2. The first-order valence-electron chi connectivity index (χ1n) is 4.14. The highest BCUT2D eigenvalue weighted by atomic mass is 19.4. The molecule has 2 nitrogen and oxygen atoms in total. The van der Waals surface area contributed by atoms with Crippen molar-refractivity contribution < 1.29 is 22.7 Å². The summed E-state index contributed by atoms with van der Waals surface area (Å²) in [4.78, 5) is 10.8. The van der Waals surface area contributed by atoms with Gasteiger partial charge in [0.1, 0.15) is 0 Å². The summed E-state index contributed by atoms with van der Waals surface area (Å²) in [5.74, 6) is -0.779. The summed E-state index contributed by atoms with van der Waals surface area (Å²) in [6.45, 7) is 6.49. The maximum atomic E-state index is 11.9. The van der Waals surface area contributed by atoms with E-state index < -0.39 is 24.1 Å². The summed E-state index contributed by atoms with van der Waals surface area (Å²) < 4.78 is 40.3. The molecule has 0 saturated carbocycles. The van der Waals surface area contributed by atoms with E-state index in [1.165, 1.54) is 0 Å². The van der Waals surface area contributed by atoms with Crippen LogP contribution in [-0.4, -0.2) is 18.8 Å². The molecule has 0 spiro atoms. The zero-order valence-electron chi connectivity index (χ0n) is 8.15. The molecular weight excluding hydrogens is 197 g/mol. The number of halogens is 3. The van der Waals surface area contributed by atoms with Gasteiger partial charge in [-0.1, -0.05) is 20.4 Å². The van der Waals surface area contributed by atoms with Gasteiger partial charge in [-0.15, -0.1) is 0 Å². The molecule has 0 radical (unpaired) electrons. The largest absolute Gasteiger partial charge is 0.465 e. The molecular formula is C9H13F3O2. The van der Waals surface area contributed by atoms with E-state index in [2.05, 4.69) is 11.3 Å². The van der Waals surface area contributed by atoms with Crippen LogP contribution in [0.5, 0.6) is 0 Å². The van der Waals surface area contributed by atoms with E-state index >= 15 is 0 Å². The van der Waals surface area contributed by atoms with Gasteiger partial charge in [0, 0.05) is 5.57 Å². The van der Waals surface area contributed by atoms with Gasteiger partial charge in [0.15, 0.2) is 0 Å². The van der Waals surface area contributed by atoms with Crippen LogP contribution in [0.4, 0.5) is 13.2 Å². The van der Waals surface area contributed by atoms with Crippen molar-refractivity contribution >= 4 is 5.97 Å². The molecule has 82 valence electrons. The third-order valence-corrected chi connectivity index (χ3v) is 1.34. The Labute approximate surface area is 80.7 Å². The minimum atomic E-state index is -4.52. The van der Waals surface area contributed by atoms with Crippen molar-refractivity contribution in [2.24, 2.45) is 5.92 Å². The lowest BCUT2D eigenvalue weighted by molar-refractivity contribution is -0.147. The number of alkyl halides is 3. The summed E-state index contributed by atoms with van der Waals surface area (Å²) in [6, 6.07) is 0. The van der Waals surface area contributed by atoms with Crippen LogP contribution in [-0.2, 0) is 9.53 Å². The SMILES string of the molecule is C=C(CC(=O)OCC(C)C)C(F)(F)F. The van der Waals surface area contributed by atoms with Crippen molar-refractivity contribution in [1.29, 1.82) is 0 Å². The van der Waals surface area contributed by atoms with E-state index in [1.54, 1.807) is 13.8 Å².